The molecule has 2 nitrogen and oxygen atoms in total. The van der Waals surface area contributed by atoms with E-state index in [-0.39, 0.29) is 0 Å². The summed E-state index contributed by atoms with van der Waals surface area (Å²) in [5.74, 6) is 0. The van der Waals surface area contributed by atoms with Gasteiger partial charge in [-0.3, -0.25) is 0 Å². The van der Waals surface area contributed by atoms with Crippen LogP contribution >= 0.6 is 0 Å². The van der Waals surface area contributed by atoms with Gasteiger partial charge in [0.25, 0.3) is 0 Å². The largest absolute Gasteiger partial charge is 0.618 e. The van der Waals surface area contributed by atoms with Gasteiger partial charge in [0.2, 0.25) is 5.69 Å². The number of para-hydroxylation sites is 1. The van der Waals surface area contributed by atoms with Gasteiger partial charge < -0.3 is 5.21 Å². The van der Waals surface area contributed by atoms with Crippen LogP contribution in [0.1, 0.15) is 5.56 Å². The van der Waals surface area contributed by atoms with Crippen LogP contribution in [-0.2, 0) is 6.42 Å². The first kappa shape index (κ1) is 5.47. The third-order valence-corrected chi connectivity index (χ3v) is 1.71. The lowest BCUT2D eigenvalue weighted by Gasteiger charge is -1.97. The van der Waals surface area contributed by atoms with E-state index in [0.717, 1.165) is 22.4 Å². The monoisotopic (exact) mass is 133 g/mol. The molecule has 2 rings (SSSR count). The van der Waals surface area contributed by atoms with Crippen LogP contribution in [0, 0.1) is 5.21 Å². The van der Waals surface area contributed by atoms with Crippen molar-refractivity contribution in [1.82, 2.24) is 0 Å². The van der Waals surface area contributed by atoms with Gasteiger partial charge in [-0.15, -0.1) is 0 Å². The molecule has 0 atom stereocenters. The lowest BCUT2D eigenvalue weighted by atomic mass is 10.2. The van der Waals surface area contributed by atoms with Gasteiger partial charge in [-0.2, -0.15) is 4.74 Å². The van der Waals surface area contributed by atoms with Gasteiger partial charge in [-0.05, 0) is 0 Å². The Hall–Kier alpha value is -1.31. The fraction of sp³-hybridized carbons (Fsp3) is 0.125. The molecule has 1 aliphatic rings. The second-order valence-electron chi connectivity index (χ2n) is 2.34. The van der Waals surface area contributed by atoms with E-state index in [0.29, 0.717) is 0 Å². The van der Waals surface area contributed by atoms with Crippen LogP contribution in [0.25, 0.3) is 0 Å². The SMILES string of the molecule is [O-][N+]1=CCc2ccccc21. The Labute approximate surface area is 59.0 Å². The average Bonchev–Trinajstić information content (AvgIpc) is 2.34. The Morgan fingerprint density at radius 3 is 2.90 bits per heavy atom. The summed E-state index contributed by atoms with van der Waals surface area (Å²) in [7, 11) is 0. The molecular formula is C8H7NO. The molecule has 0 saturated carbocycles. The molecule has 1 heterocycles. The molecule has 0 radical (unpaired) electrons. The maximum absolute atomic E-state index is 10.9. The van der Waals surface area contributed by atoms with Gasteiger partial charge in [-0.1, -0.05) is 18.2 Å². The van der Waals surface area contributed by atoms with Gasteiger partial charge in [0, 0.05) is 11.6 Å². The number of benzene rings is 1. The fourth-order valence-electron chi connectivity index (χ4n) is 1.18. The number of hydrogen-bond acceptors (Lipinski definition) is 1. The smallest absolute Gasteiger partial charge is 0.219 e. The summed E-state index contributed by atoms with van der Waals surface area (Å²) >= 11 is 0. The summed E-state index contributed by atoms with van der Waals surface area (Å²) in [5.41, 5.74) is 1.92. The van der Waals surface area contributed by atoms with E-state index in [9.17, 15) is 5.21 Å². The highest BCUT2D eigenvalue weighted by molar-refractivity contribution is 5.66. The van der Waals surface area contributed by atoms with Crippen molar-refractivity contribution in [3.63, 3.8) is 0 Å². The Morgan fingerprint density at radius 1 is 1.30 bits per heavy atom. The summed E-state index contributed by atoms with van der Waals surface area (Å²) in [6.45, 7) is 0. The summed E-state index contributed by atoms with van der Waals surface area (Å²) in [5, 5.41) is 10.9. The molecule has 0 N–H and O–H groups in total. The normalized spacial score (nSPS) is 14.6. The third-order valence-electron chi connectivity index (χ3n) is 1.71. The molecular weight excluding hydrogens is 126 g/mol. The van der Waals surface area contributed by atoms with E-state index in [1.165, 1.54) is 0 Å². The van der Waals surface area contributed by atoms with E-state index in [1.54, 1.807) is 6.21 Å². The van der Waals surface area contributed by atoms with Crippen LogP contribution in [0.5, 0.6) is 0 Å². The highest BCUT2D eigenvalue weighted by Gasteiger charge is 2.14. The topological polar surface area (TPSA) is 26.1 Å². The summed E-state index contributed by atoms with van der Waals surface area (Å²) < 4.78 is 0.926. The first-order valence-electron chi connectivity index (χ1n) is 3.25. The van der Waals surface area contributed by atoms with Crippen molar-refractivity contribution in [1.29, 1.82) is 0 Å². The van der Waals surface area contributed by atoms with Gasteiger partial charge in [0.05, 0.1) is 6.42 Å². The van der Waals surface area contributed by atoms with Crippen LogP contribution in [0.3, 0.4) is 0 Å². The molecule has 50 valence electrons. The molecule has 0 bridgehead atoms. The zero-order valence-electron chi connectivity index (χ0n) is 5.45. The van der Waals surface area contributed by atoms with Gasteiger partial charge >= 0.3 is 0 Å². The van der Waals surface area contributed by atoms with E-state index >= 15 is 0 Å². The minimum Gasteiger partial charge on any atom is -0.618 e. The molecule has 1 aromatic carbocycles. The van der Waals surface area contributed by atoms with Crippen LogP contribution < -0.4 is 0 Å². The first-order chi connectivity index (χ1) is 4.88. The Morgan fingerprint density at radius 2 is 2.10 bits per heavy atom. The van der Waals surface area contributed by atoms with E-state index < -0.39 is 0 Å². The van der Waals surface area contributed by atoms with Crippen molar-refractivity contribution in [3.05, 3.63) is 35.0 Å². The number of nitrogens with zero attached hydrogens (tertiary/aromatic N) is 1. The van der Waals surface area contributed by atoms with Crippen molar-refractivity contribution in [2.45, 2.75) is 6.42 Å². The summed E-state index contributed by atoms with van der Waals surface area (Å²) in [4.78, 5) is 0. The van der Waals surface area contributed by atoms with Crippen LogP contribution in [0.15, 0.2) is 24.3 Å². The lowest BCUT2D eigenvalue weighted by molar-refractivity contribution is -0.351. The molecule has 1 aromatic rings. The fourth-order valence-corrected chi connectivity index (χ4v) is 1.18. The second-order valence-corrected chi connectivity index (χ2v) is 2.34. The number of fused-ring (bicyclic) bond motifs is 1. The highest BCUT2D eigenvalue weighted by Crippen LogP contribution is 2.21. The Bertz CT molecular complexity index is 291. The maximum atomic E-state index is 10.9. The van der Waals surface area contributed by atoms with Crippen LogP contribution in [0.2, 0.25) is 0 Å². The van der Waals surface area contributed by atoms with E-state index in [1.807, 2.05) is 24.3 Å². The molecule has 2 heteroatoms. The van der Waals surface area contributed by atoms with Crippen LogP contribution in [-0.4, -0.2) is 11.0 Å². The van der Waals surface area contributed by atoms with Crippen molar-refractivity contribution in [2.24, 2.45) is 0 Å². The first-order valence-corrected chi connectivity index (χ1v) is 3.25. The highest BCUT2D eigenvalue weighted by atomic mass is 16.5. The third kappa shape index (κ3) is 0.620. The molecule has 0 unspecified atom stereocenters. The summed E-state index contributed by atoms with van der Waals surface area (Å²) in [6.07, 6.45) is 2.42. The molecule has 0 amide bonds. The Kier molecular flexibility index (Phi) is 1.01. The molecule has 10 heavy (non-hydrogen) atoms. The van der Waals surface area contributed by atoms with Crippen LogP contribution in [0.4, 0.5) is 5.69 Å². The lowest BCUT2D eigenvalue weighted by Crippen LogP contribution is -1.87. The van der Waals surface area contributed by atoms with Gasteiger partial charge in [-0.25, -0.2) is 0 Å². The molecule has 0 aliphatic carbocycles. The van der Waals surface area contributed by atoms with Crippen molar-refractivity contribution >= 4 is 11.9 Å². The van der Waals surface area contributed by atoms with E-state index in [2.05, 4.69) is 0 Å². The molecule has 1 aliphatic heterocycles. The van der Waals surface area contributed by atoms with Crippen molar-refractivity contribution < 1.29 is 4.74 Å². The predicted octanol–water partition coefficient (Wildman–Crippen LogP) is 1.46. The standard InChI is InChI=1S/C8H7NO/c10-9-6-5-7-3-1-2-4-8(7)9/h1-4,6H,5H2. The minimum absolute atomic E-state index is 0.777. The van der Waals surface area contributed by atoms with Crippen molar-refractivity contribution in [3.8, 4) is 0 Å². The number of rotatable bonds is 0. The molecule has 0 saturated heterocycles. The molecule has 0 fully saturated rings. The zero-order valence-corrected chi connectivity index (χ0v) is 5.45. The maximum Gasteiger partial charge on any atom is 0.219 e. The average molecular weight is 133 g/mol. The molecule has 0 aromatic heterocycles. The number of hydrogen-bond donors (Lipinski definition) is 0. The Balaban J connectivity index is 2.61. The van der Waals surface area contributed by atoms with Crippen molar-refractivity contribution in [2.75, 3.05) is 0 Å². The summed E-state index contributed by atoms with van der Waals surface area (Å²) in [6, 6.07) is 7.64. The second kappa shape index (κ2) is 1.84. The van der Waals surface area contributed by atoms with Gasteiger partial charge in [0.15, 0.2) is 6.21 Å². The minimum atomic E-state index is 0.777. The zero-order chi connectivity index (χ0) is 6.97. The predicted molar refractivity (Wildman–Crippen MR) is 39.5 cm³/mol. The van der Waals surface area contributed by atoms with Gasteiger partial charge in [0.1, 0.15) is 0 Å². The quantitative estimate of drug-likeness (QED) is 0.388. The van der Waals surface area contributed by atoms with E-state index in [4.69, 9.17) is 0 Å². The molecule has 0 spiro atoms.